The predicted molar refractivity (Wildman–Crippen MR) is 120 cm³/mol. The van der Waals surface area contributed by atoms with Crippen molar-refractivity contribution < 1.29 is 14.4 Å². The minimum absolute atomic E-state index is 0.0217. The van der Waals surface area contributed by atoms with Gasteiger partial charge in [0, 0.05) is 19.6 Å². The Labute approximate surface area is 183 Å². The summed E-state index contributed by atoms with van der Waals surface area (Å²) in [6.07, 6.45) is 0.750. The first-order valence-corrected chi connectivity index (χ1v) is 10.7. The van der Waals surface area contributed by atoms with Crippen molar-refractivity contribution in [3.8, 4) is 0 Å². The molecule has 0 spiro atoms. The first-order chi connectivity index (χ1) is 15.3. The summed E-state index contributed by atoms with van der Waals surface area (Å²) in [4.78, 5) is 20.5. The summed E-state index contributed by atoms with van der Waals surface area (Å²) in [5.41, 5.74) is 6.13. The Hall–Kier alpha value is -2.99. The van der Waals surface area contributed by atoms with E-state index in [2.05, 4.69) is 22.5 Å². The van der Waals surface area contributed by atoms with Crippen LogP contribution in [0.15, 0.2) is 91.0 Å². The first-order valence-electron chi connectivity index (χ1n) is 10.7. The molecule has 3 aromatic carbocycles. The normalized spacial score (nSPS) is 17.4. The largest absolute Gasteiger partial charge is 0.457 e. The summed E-state index contributed by atoms with van der Waals surface area (Å²) in [6.45, 7) is 2.89. The summed E-state index contributed by atoms with van der Waals surface area (Å²) < 4.78 is 5.72. The van der Waals surface area contributed by atoms with Crippen LogP contribution in [0.4, 0.5) is 0 Å². The Morgan fingerprint density at radius 1 is 0.935 bits per heavy atom. The van der Waals surface area contributed by atoms with Crippen LogP contribution in [0.2, 0.25) is 0 Å². The van der Waals surface area contributed by atoms with Gasteiger partial charge in [-0.25, -0.2) is 4.79 Å². The van der Waals surface area contributed by atoms with Gasteiger partial charge >= 0.3 is 5.97 Å². The lowest BCUT2D eigenvalue weighted by molar-refractivity contribution is -0.00532. The molecule has 1 aliphatic rings. The van der Waals surface area contributed by atoms with Gasteiger partial charge in [-0.3, -0.25) is 9.74 Å². The minimum Gasteiger partial charge on any atom is -0.457 e. The number of likely N-dealkylation sites (tertiary alicyclic amines) is 1. The molecule has 3 aromatic rings. The molecule has 1 heterocycles. The van der Waals surface area contributed by atoms with E-state index in [1.807, 2.05) is 66.7 Å². The lowest BCUT2D eigenvalue weighted by Crippen LogP contribution is -2.35. The number of hydrogen-bond acceptors (Lipinski definition) is 5. The number of carbonyl (C=O) groups is 1. The van der Waals surface area contributed by atoms with Crippen LogP contribution in [-0.2, 0) is 16.2 Å². The van der Waals surface area contributed by atoms with Crippen molar-refractivity contribution in [1.82, 2.24) is 10.4 Å². The van der Waals surface area contributed by atoms with Crippen LogP contribution in [0, 0.1) is 0 Å². The molecule has 0 amide bonds. The number of nitrogens with one attached hydrogen (secondary N) is 1. The van der Waals surface area contributed by atoms with Crippen LogP contribution >= 0.6 is 0 Å². The van der Waals surface area contributed by atoms with Gasteiger partial charge in [0.25, 0.3) is 0 Å². The molecule has 0 saturated carbocycles. The van der Waals surface area contributed by atoms with E-state index in [0.717, 1.165) is 31.6 Å². The number of hydrogen-bond donors (Lipinski definition) is 1. The molecule has 2 atom stereocenters. The van der Waals surface area contributed by atoms with E-state index in [-0.39, 0.29) is 18.1 Å². The van der Waals surface area contributed by atoms with Crippen LogP contribution in [0.1, 0.15) is 33.9 Å². The highest BCUT2D eigenvalue weighted by atomic mass is 16.6. The molecule has 0 aliphatic carbocycles. The lowest BCUT2D eigenvalue weighted by atomic mass is 10.1. The molecular weight excluding hydrogens is 388 g/mol. The summed E-state index contributed by atoms with van der Waals surface area (Å²) in [7, 11) is 0. The second kappa shape index (κ2) is 10.9. The standard InChI is InChI=1S/C26H28N2O3/c29-26(23-14-8-3-9-15-23)31-24-16-17-28(18-24)19-25(22-12-6-2-7-13-22)27-30-20-21-10-4-1-5-11-21/h1-15,24-25,27H,16-20H2/t24?,25-/m1/s1. The Bertz CT molecular complexity index is 935. The van der Waals surface area contributed by atoms with Crippen LogP contribution in [0.25, 0.3) is 0 Å². The van der Waals surface area contributed by atoms with Gasteiger partial charge in [-0.05, 0) is 29.7 Å². The number of nitrogens with zero attached hydrogens (tertiary/aromatic N) is 1. The van der Waals surface area contributed by atoms with Gasteiger partial charge in [0.2, 0.25) is 0 Å². The number of benzene rings is 3. The van der Waals surface area contributed by atoms with E-state index in [1.54, 1.807) is 12.1 Å². The molecule has 1 aliphatic heterocycles. The molecule has 160 valence electrons. The topological polar surface area (TPSA) is 50.8 Å². The Kier molecular flexibility index (Phi) is 7.45. The molecule has 1 fully saturated rings. The molecule has 0 aromatic heterocycles. The Morgan fingerprint density at radius 2 is 1.58 bits per heavy atom. The molecular formula is C26H28N2O3. The molecule has 5 nitrogen and oxygen atoms in total. The van der Waals surface area contributed by atoms with Crippen molar-refractivity contribution >= 4 is 5.97 Å². The Balaban J connectivity index is 1.32. The minimum atomic E-state index is -0.253. The van der Waals surface area contributed by atoms with E-state index in [0.29, 0.717) is 12.2 Å². The van der Waals surface area contributed by atoms with Gasteiger partial charge in [-0.1, -0.05) is 78.9 Å². The van der Waals surface area contributed by atoms with Gasteiger partial charge in [0.15, 0.2) is 0 Å². The van der Waals surface area contributed by atoms with Gasteiger partial charge in [-0.15, -0.1) is 0 Å². The third kappa shape index (κ3) is 6.25. The zero-order valence-corrected chi connectivity index (χ0v) is 17.5. The zero-order valence-electron chi connectivity index (χ0n) is 17.5. The van der Waals surface area contributed by atoms with Crippen molar-refractivity contribution in [2.75, 3.05) is 19.6 Å². The lowest BCUT2D eigenvalue weighted by Gasteiger charge is -2.25. The molecule has 0 radical (unpaired) electrons. The molecule has 1 unspecified atom stereocenters. The van der Waals surface area contributed by atoms with Crippen LogP contribution < -0.4 is 5.48 Å². The van der Waals surface area contributed by atoms with Crippen molar-refractivity contribution in [2.45, 2.75) is 25.2 Å². The fourth-order valence-electron chi connectivity index (χ4n) is 3.81. The molecule has 1 saturated heterocycles. The third-order valence-corrected chi connectivity index (χ3v) is 5.46. The summed E-state index contributed by atoms with van der Waals surface area (Å²) in [5, 5.41) is 0. The highest BCUT2D eigenvalue weighted by Gasteiger charge is 2.28. The van der Waals surface area contributed by atoms with Gasteiger partial charge in [0.1, 0.15) is 6.10 Å². The maximum absolute atomic E-state index is 12.4. The van der Waals surface area contributed by atoms with E-state index in [1.165, 1.54) is 5.56 Å². The van der Waals surface area contributed by atoms with E-state index < -0.39 is 0 Å². The second-order valence-corrected chi connectivity index (χ2v) is 7.80. The molecule has 31 heavy (non-hydrogen) atoms. The van der Waals surface area contributed by atoms with Gasteiger partial charge in [0.05, 0.1) is 18.2 Å². The average Bonchev–Trinajstić information content (AvgIpc) is 3.27. The summed E-state index contributed by atoms with van der Waals surface area (Å²) in [6, 6.07) is 29.6. The number of ether oxygens (including phenoxy) is 1. The highest BCUT2D eigenvalue weighted by molar-refractivity contribution is 5.89. The smallest absolute Gasteiger partial charge is 0.338 e. The van der Waals surface area contributed by atoms with Crippen molar-refractivity contribution in [3.05, 3.63) is 108 Å². The number of esters is 1. The average molecular weight is 417 g/mol. The second-order valence-electron chi connectivity index (χ2n) is 7.80. The van der Waals surface area contributed by atoms with Gasteiger partial charge < -0.3 is 4.74 Å². The number of rotatable bonds is 9. The zero-order chi connectivity index (χ0) is 21.3. The number of carbonyl (C=O) groups excluding carboxylic acids is 1. The first kappa shape index (κ1) is 21.2. The quantitative estimate of drug-likeness (QED) is 0.414. The maximum Gasteiger partial charge on any atom is 0.338 e. The van der Waals surface area contributed by atoms with E-state index in [9.17, 15) is 4.79 Å². The van der Waals surface area contributed by atoms with Crippen molar-refractivity contribution in [1.29, 1.82) is 0 Å². The van der Waals surface area contributed by atoms with Crippen molar-refractivity contribution in [3.63, 3.8) is 0 Å². The third-order valence-electron chi connectivity index (χ3n) is 5.46. The fraction of sp³-hybridized carbons (Fsp3) is 0.269. The van der Waals surface area contributed by atoms with E-state index >= 15 is 0 Å². The van der Waals surface area contributed by atoms with Crippen LogP contribution in [-0.4, -0.2) is 36.6 Å². The molecule has 4 rings (SSSR count). The fourth-order valence-corrected chi connectivity index (χ4v) is 3.81. The SMILES string of the molecule is O=C(OC1CCN(C[C@@H](NOCc2ccccc2)c2ccccc2)C1)c1ccccc1. The maximum atomic E-state index is 12.4. The van der Waals surface area contributed by atoms with Crippen LogP contribution in [0.3, 0.4) is 0 Å². The molecule has 0 bridgehead atoms. The van der Waals surface area contributed by atoms with Gasteiger partial charge in [-0.2, -0.15) is 5.48 Å². The monoisotopic (exact) mass is 416 g/mol. The number of hydroxylamine groups is 1. The molecule has 1 N–H and O–H groups in total. The molecule has 5 heteroatoms. The van der Waals surface area contributed by atoms with Crippen LogP contribution in [0.5, 0.6) is 0 Å². The van der Waals surface area contributed by atoms with Crippen molar-refractivity contribution in [2.24, 2.45) is 0 Å². The Morgan fingerprint density at radius 3 is 2.29 bits per heavy atom. The predicted octanol–water partition coefficient (Wildman–Crippen LogP) is 4.38. The summed E-state index contributed by atoms with van der Waals surface area (Å²) in [5.74, 6) is -0.253. The van der Waals surface area contributed by atoms with E-state index in [4.69, 9.17) is 9.57 Å². The summed E-state index contributed by atoms with van der Waals surface area (Å²) >= 11 is 0. The highest BCUT2D eigenvalue weighted by Crippen LogP contribution is 2.20.